The molecule has 0 aliphatic heterocycles. The van der Waals surface area contributed by atoms with Gasteiger partial charge in [0.15, 0.2) is 0 Å². The van der Waals surface area contributed by atoms with E-state index in [0.717, 1.165) is 23.0 Å². The van der Waals surface area contributed by atoms with Gasteiger partial charge in [0.05, 0.1) is 16.5 Å². The number of nitrogens with zero attached hydrogens (tertiary/aromatic N) is 2. The summed E-state index contributed by atoms with van der Waals surface area (Å²) in [5.41, 5.74) is 3.11. The minimum Gasteiger partial charge on any atom is -0.296 e. The van der Waals surface area contributed by atoms with Gasteiger partial charge in [-0.3, -0.25) is 14.3 Å². The fourth-order valence-corrected chi connectivity index (χ4v) is 2.13. The Bertz CT molecular complexity index is 551. The number of rotatable bonds is 2. The van der Waals surface area contributed by atoms with Gasteiger partial charge in [-0.05, 0) is 24.6 Å². The predicted molar refractivity (Wildman–Crippen MR) is 74.6 cm³/mol. The third-order valence-electron chi connectivity index (χ3n) is 2.44. The van der Waals surface area contributed by atoms with Gasteiger partial charge in [-0.25, -0.2) is 0 Å². The number of aromatic nitrogens is 2. The molecule has 0 atom stereocenters. The molecule has 5 heteroatoms. The van der Waals surface area contributed by atoms with Gasteiger partial charge < -0.3 is 0 Å². The van der Waals surface area contributed by atoms with Crippen molar-refractivity contribution in [3.63, 3.8) is 0 Å². The predicted octanol–water partition coefficient (Wildman–Crippen LogP) is 2.89. The molecule has 0 spiro atoms. The first-order valence-corrected chi connectivity index (χ1v) is 5.93. The average Bonchev–Trinajstić information content (AvgIpc) is 2.28. The maximum atomic E-state index is 12.0. The van der Waals surface area contributed by atoms with E-state index < -0.39 is 0 Å². The molecule has 0 bridgehead atoms. The number of alkyl halides is 1. The van der Waals surface area contributed by atoms with Crippen LogP contribution in [0.1, 0.15) is 12.5 Å². The van der Waals surface area contributed by atoms with Crippen LogP contribution in [0, 0.1) is 0 Å². The van der Waals surface area contributed by atoms with Crippen LogP contribution in [0.5, 0.6) is 0 Å². The largest absolute Gasteiger partial charge is 0.296 e. The van der Waals surface area contributed by atoms with Gasteiger partial charge in [0.1, 0.15) is 0 Å². The van der Waals surface area contributed by atoms with Crippen LogP contribution in [0.3, 0.4) is 0 Å². The Balaban J connectivity index is 0.00000128. The van der Waals surface area contributed by atoms with Crippen LogP contribution < -0.4 is 5.56 Å². The van der Waals surface area contributed by atoms with Gasteiger partial charge in [0.25, 0.3) is 5.56 Å². The van der Waals surface area contributed by atoms with E-state index in [1.165, 1.54) is 0 Å². The Morgan fingerprint density at radius 2 is 2.25 bits per heavy atom. The van der Waals surface area contributed by atoms with Crippen molar-refractivity contribution >= 4 is 43.9 Å². The van der Waals surface area contributed by atoms with Crippen LogP contribution in [-0.2, 0) is 11.9 Å². The van der Waals surface area contributed by atoms with Gasteiger partial charge >= 0.3 is 0 Å². The zero-order valence-corrected chi connectivity index (χ0v) is 12.1. The van der Waals surface area contributed by atoms with E-state index in [-0.39, 0.29) is 22.5 Å². The first-order valence-electron chi connectivity index (χ1n) is 4.81. The first kappa shape index (κ1) is 13.4. The molecule has 0 N–H and O–H groups in total. The number of fused-ring (bicyclic) bond motifs is 1. The lowest BCUT2D eigenvalue weighted by atomic mass is 10.2. The van der Waals surface area contributed by atoms with Crippen LogP contribution in [0.2, 0.25) is 0 Å². The second-order valence-electron chi connectivity index (χ2n) is 3.28. The molecule has 0 saturated carbocycles. The minimum absolute atomic E-state index is 0. The van der Waals surface area contributed by atoms with Crippen LogP contribution in [-0.4, -0.2) is 9.55 Å². The number of halogens is 2. The lowest BCUT2D eigenvalue weighted by Crippen LogP contribution is -2.22. The maximum Gasteiger partial charge on any atom is 0.255 e. The Morgan fingerprint density at radius 3 is 2.88 bits per heavy atom. The molecule has 0 fully saturated rings. The van der Waals surface area contributed by atoms with Gasteiger partial charge in [-0.2, -0.15) is 0 Å². The molecule has 86 valence electrons. The summed E-state index contributed by atoms with van der Waals surface area (Å²) in [6, 6.07) is 5.62. The molecule has 0 amide bonds. The van der Waals surface area contributed by atoms with E-state index in [0.29, 0.717) is 5.45 Å². The van der Waals surface area contributed by atoms with E-state index in [1.807, 2.05) is 25.1 Å². The maximum absolute atomic E-state index is 12.0. The summed E-state index contributed by atoms with van der Waals surface area (Å²) < 4.78 is 1.70. The lowest BCUT2D eigenvalue weighted by molar-refractivity contribution is 0.864. The second kappa shape index (κ2) is 5.59. The van der Waals surface area contributed by atoms with Crippen molar-refractivity contribution in [1.29, 1.82) is 0 Å². The van der Waals surface area contributed by atoms with Gasteiger partial charge in [-0.15, -0.1) is 17.0 Å². The van der Waals surface area contributed by atoms with Crippen molar-refractivity contribution in [1.82, 2.24) is 9.55 Å². The molecular weight excluding hydrogens is 336 g/mol. The van der Waals surface area contributed by atoms with Crippen molar-refractivity contribution in [3.8, 4) is 0 Å². The normalized spacial score (nSPS) is 10.1. The monoisotopic (exact) mass is 346 g/mol. The van der Waals surface area contributed by atoms with Gasteiger partial charge in [0, 0.05) is 11.8 Å². The summed E-state index contributed by atoms with van der Waals surface area (Å²) in [5.74, 6) is 0. The Hall–Kier alpha value is -0.680. The second-order valence-corrected chi connectivity index (χ2v) is 3.79. The van der Waals surface area contributed by atoms with E-state index >= 15 is 0 Å². The van der Waals surface area contributed by atoms with Crippen molar-refractivity contribution in [2.45, 2.75) is 18.8 Å². The fourth-order valence-electron chi connectivity index (χ4n) is 1.63. The highest BCUT2D eigenvalue weighted by Gasteiger charge is 2.06. The summed E-state index contributed by atoms with van der Waals surface area (Å²) in [6.07, 6.45) is 2.48. The van der Waals surface area contributed by atoms with Crippen LogP contribution in [0.15, 0.2) is 29.2 Å². The van der Waals surface area contributed by atoms with E-state index in [9.17, 15) is 4.79 Å². The summed E-state index contributed by atoms with van der Waals surface area (Å²) in [5, 5.41) is 0. The fraction of sp³-hybridized carbons (Fsp3) is 0.273. The van der Waals surface area contributed by atoms with E-state index in [4.69, 9.17) is 0 Å². The third kappa shape index (κ3) is 2.20. The molecule has 0 aromatic carbocycles. The van der Waals surface area contributed by atoms with Crippen molar-refractivity contribution in [2.75, 3.05) is 0 Å². The number of aryl methyl sites for hydroxylation is 1. The van der Waals surface area contributed by atoms with E-state index in [2.05, 4.69) is 20.9 Å². The van der Waals surface area contributed by atoms with Crippen molar-refractivity contribution < 1.29 is 0 Å². The summed E-state index contributed by atoms with van der Waals surface area (Å²) in [6.45, 7) is 1.98. The molecule has 0 aliphatic carbocycles. The molecule has 0 radical (unpaired) electrons. The number of hydrogen-bond donors (Lipinski definition) is 0. The first-order chi connectivity index (χ1) is 7.27. The molecule has 2 heterocycles. The van der Waals surface area contributed by atoms with Crippen LogP contribution >= 0.6 is 32.9 Å². The molecule has 0 saturated heterocycles. The summed E-state index contributed by atoms with van der Waals surface area (Å²) in [7, 11) is 0. The Labute approximate surface area is 112 Å². The summed E-state index contributed by atoms with van der Waals surface area (Å²) >= 11 is 3.33. The van der Waals surface area contributed by atoms with Crippen molar-refractivity contribution in [3.05, 3.63) is 40.3 Å². The minimum atomic E-state index is 0. The molecule has 0 unspecified atom stereocenters. The molecule has 2 aromatic heterocycles. The SMILES string of the molecule is Br.CCc1cc2ncccc2n(CBr)c1=O. The van der Waals surface area contributed by atoms with Crippen molar-refractivity contribution in [2.24, 2.45) is 0 Å². The Kier molecular flexibility index (Phi) is 4.68. The standard InChI is InChI=1S/C11H11BrN2O.BrH/c1-2-8-6-9-10(4-3-5-13-9)14(7-12)11(8)15;/h3-6H,2,7H2,1H3;1H. The third-order valence-corrected chi connectivity index (χ3v) is 2.94. The molecule has 16 heavy (non-hydrogen) atoms. The molecular formula is C11H12Br2N2O. The zero-order valence-electron chi connectivity index (χ0n) is 8.81. The van der Waals surface area contributed by atoms with Gasteiger partial charge in [0.2, 0.25) is 0 Å². The quantitative estimate of drug-likeness (QED) is 0.783. The topological polar surface area (TPSA) is 34.9 Å². The molecule has 0 aliphatic rings. The highest BCUT2D eigenvalue weighted by atomic mass is 79.9. The molecule has 3 nitrogen and oxygen atoms in total. The number of pyridine rings is 2. The molecule has 2 aromatic rings. The van der Waals surface area contributed by atoms with Gasteiger partial charge in [-0.1, -0.05) is 22.9 Å². The smallest absolute Gasteiger partial charge is 0.255 e. The highest BCUT2D eigenvalue weighted by Crippen LogP contribution is 2.11. The highest BCUT2D eigenvalue weighted by molar-refractivity contribution is 9.08. The zero-order chi connectivity index (χ0) is 10.8. The Morgan fingerprint density at radius 1 is 1.50 bits per heavy atom. The molecule has 2 rings (SSSR count). The number of hydrogen-bond acceptors (Lipinski definition) is 2. The average molecular weight is 348 g/mol. The van der Waals surface area contributed by atoms with E-state index in [1.54, 1.807) is 10.8 Å². The lowest BCUT2D eigenvalue weighted by Gasteiger charge is -2.08. The van der Waals surface area contributed by atoms with Crippen LogP contribution in [0.25, 0.3) is 11.0 Å². The van der Waals surface area contributed by atoms with Crippen LogP contribution in [0.4, 0.5) is 0 Å². The summed E-state index contributed by atoms with van der Waals surface area (Å²) in [4.78, 5) is 16.2.